The lowest BCUT2D eigenvalue weighted by molar-refractivity contribution is -0.162. The summed E-state index contributed by atoms with van der Waals surface area (Å²) >= 11 is 0. The summed E-state index contributed by atoms with van der Waals surface area (Å²) in [6.07, 6.45) is 8.49. The Kier molecular flexibility index (Phi) is 3.99. The standard InChI is InChI=1S/C20H30O3/c1-12(2)14-10-13-6-7-17-19(3,15(13)11-16(14)21)8-5-9-20(17,4)18(22)23/h6,10,12,15-17,21H,5,7-9,11H2,1-4H3,(H,22,23)/t15-,16?,17-,19-,20-/m1/s1. The van der Waals surface area contributed by atoms with Crippen LogP contribution in [0.2, 0.25) is 0 Å². The average Bonchev–Trinajstić information content (AvgIpc) is 2.46. The average molecular weight is 318 g/mol. The highest BCUT2D eigenvalue weighted by atomic mass is 16.4. The molecule has 5 atom stereocenters. The highest BCUT2D eigenvalue weighted by molar-refractivity contribution is 5.75. The van der Waals surface area contributed by atoms with Crippen molar-refractivity contribution in [2.75, 3.05) is 0 Å². The van der Waals surface area contributed by atoms with Crippen LogP contribution in [0.3, 0.4) is 0 Å². The van der Waals surface area contributed by atoms with E-state index in [-0.39, 0.29) is 23.4 Å². The van der Waals surface area contributed by atoms with Crippen LogP contribution in [0.15, 0.2) is 23.3 Å². The van der Waals surface area contributed by atoms with Crippen molar-refractivity contribution in [2.45, 2.75) is 65.9 Å². The number of rotatable bonds is 2. The Morgan fingerprint density at radius 3 is 2.61 bits per heavy atom. The number of aliphatic hydroxyl groups is 1. The zero-order valence-corrected chi connectivity index (χ0v) is 14.8. The van der Waals surface area contributed by atoms with Crippen molar-refractivity contribution in [2.24, 2.45) is 28.6 Å². The minimum absolute atomic E-state index is 0.0184. The maximum absolute atomic E-state index is 12.0. The fourth-order valence-corrected chi connectivity index (χ4v) is 5.66. The molecule has 0 bridgehead atoms. The van der Waals surface area contributed by atoms with Gasteiger partial charge in [-0.2, -0.15) is 0 Å². The van der Waals surface area contributed by atoms with Crippen LogP contribution in [-0.4, -0.2) is 22.3 Å². The second-order valence-corrected chi connectivity index (χ2v) is 8.68. The molecular weight excluding hydrogens is 288 g/mol. The van der Waals surface area contributed by atoms with E-state index in [1.165, 1.54) is 5.57 Å². The molecule has 0 aromatic rings. The second kappa shape index (κ2) is 5.47. The molecular formula is C20H30O3. The van der Waals surface area contributed by atoms with E-state index in [1.54, 1.807) is 0 Å². The molecule has 23 heavy (non-hydrogen) atoms. The molecule has 3 aliphatic rings. The molecule has 3 aliphatic carbocycles. The van der Waals surface area contributed by atoms with E-state index in [1.807, 2.05) is 6.92 Å². The van der Waals surface area contributed by atoms with Crippen LogP contribution in [0.5, 0.6) is 0 Å². The van der Waals surface area contributed by atoms with Gasteiger partial charge in [0.2, 0.25) is 0 Å². The Morgan fingerprint density at radius 1 is 1.30 bits per heavy atom. The van der Waals surface area contributed by atoms with Crippen LogP contribution < -0.4 is 0 Å². The van der Waals surface area contributed by atoms with E-state index >= 15 is 0 Å². The van der Waals surface area contributed by atoms with Crippen molar-refractivity contribution in [3.8, 4) is 0 Å². The van der Waals surface area contributed by atoms with Crippen molar-refractivity contribution in [1.82, 2.24) is 0 Å². The predicted octanol–water partition coefficient (Wildman–Crippen LogP) is 4.18. The minimum atomic E-state index is -0.653. The molecule has 0 heterocycles. The van der Waals surface area contributed by atoms with Gasteiger partial charge >= 0.3 is 5.97 Å². The minimum Gasteiger partial charge on any atom is -0.481 e. The van der Waals surface area contributed by atoms with Gasteiger partial charge in [0.1, 0.15) is 0 Å². The van der Waals surface area contributed by atoms with Gasteiger partial charge in [0.25, 0.3) is 0 Å². The molecule has 0 saturated heterocycles. The monoisotopic (exact) mass is 318 g/mol. The number of hydrogen-bond acceptors (Lipinski definition) is 2. The molecule has 3 heteroatoms. The Morgan fingerprint density at radius 2 is 2.00 bits per heavy atom. The van der Waals surface area contributed by atoms with Gasteiger partial charge in [0.05, 0.1) is 11.5 Å². The number of carbonyl (C=O) groups is 1. The molecule has 0 aliphatic heterocycles. The van der Waals surface area contributed by atoms with Gasteiger partial charge in [-0.05, 0) is 66.9 Å². The Labute approximate surface area is 139 Å². The SMILES string of the molecule is CC(C)C1=CC2=CC[C@@H]3[C@](C)(CCC[C@@]3(C)C(=O)O)[C@@H]2CC1O. The largest absolute Gasteiger partial charge is 0.481 e. The molecule has 0 amide bonds. The number of carboxylic acid groups (broad SMARTS) is 1. The summed E-state index contributed by atoms with van der Waals surface area (Å²) in [5.74, 6) is 0.155. The van der Waals surface area contributed by atoms with Gasteiger partial charge in [0, 0.05) is 0 Å². The van der Waals surface area contributed by atoms with E-state index in [4.69, 9.17) is 0 Å². The highest BCUT2D eigenvalue weighted by Gasteiger charge is 2.57. The number of aliphatic carboxylic acids is 1. The van der Waals surface area contributed by atoms with Gasteiger partial charge in [-0.15, -0.1) is 0 Å². The van der Waals surface area contributed by atoms with E-state index in [2.05, 4.69) is 32.9 Å². The lowest BCUT2D eigenvalue weighted by Crippen LogP contribution is -2.53. The van der Waals surface area contributed by atoms with Crippen LogP contribution >= 0.6 is 0 Å². The number of carboxylic acids is 1. The molecule has 0 spiro atoms. The number of fused-ring (bicyclic) bond motifs is 3. The van der Waals surface area contributed by atoms with E-state index < -0.39 is 11.4 Å². The van der Waals surface area contributed by atoms with Gasteiger partial charge in [-0.25, -0.2) is 0 Å². The smallest absolute Gasteiger partial charge is 0.309 e. The van der Waals surface area contributed by atoms with E-state index in [0.717, 1.165) is 37.7 Å². The summed E-state index contributed by atoms with van der Waals surface area (Å²) in [5, 5.41) is 20.4. The fourth-order valence-electron chi connectivity index (χ4n) is 5.66. The molecule has 0 radical (unpaired) electrons. The van der Waals surface area contributed by atoms with Gasteiger partial charge < -0.3 is 10.2 Å². The molecule has 0 aromatic heterocycles. The Hall–Kier alpha value is -1.09. The normalized spacial score (nSPS) is 43.3. The van der Waals surface area contributed by atoms with Gasteiger partial charge in [-0.3, -0.25) is 4.79 Å². The summed E-state index contributed by atoms with van der Waals surface area (Å²) in [4.78, 5) is 12.0. The highest BCUT2D eigenvalue weighted by Crippen LogP contribution is 2.62. The molecule has 2 N–H and O–H groups in total. The summed E-state index contributed by atoms with van der Waals surface area (Å²) < 4.78 is 0. The molecule has 1 unspecified atom stereocenters. The van der Waals surface area contributed by atoms with Crippen LogP contribution in [0.1, 0.15) is 59.8 Å². The molecule has 128 valence electrons. The zero-order valence-electron chi connectivity index (χ0n) is 14.8. The first kappa shape index (κ1) is 16.8. The Balaban J connectivity index is 2.03. The summed E-state index contributed by atoms with van der Waals surface area (Å²) in [6, 6.07) is 0. The molecule has 1 saturated carbocycles. The summed E-state index contributed by atoms with van der Waals surface area (Å²) in [5.41, 5.74) is 1.82. The van der Waals surface area contributed by atoms with Gasteiger partial charge in [0.15, 0.2) is 0 Å². The molecule has 3 rings (SSSR count). The summed E-state index contributed by atoms with van der Waals surface area (Å²) in [6.45, 7) is 8.47. The van der Waals surface area contributed by atoms with Crippen molar-refractivity contribution < 1.29 is 15.0 Å². The van der Waals surface area contributed by atoms with Gasteiger partial charge in [-0.1, -0.05) is 39.3 Å². The predicted molar refractivity (Wildman–Crippen MR) is 90.9 cm³/mol. The van der Waals surface area contributed by atoms with E-state index in [0.29, 0.717) is 5.92 Å². The van der Waals surface area contributed by atoms with Crippen molar-refractivity contribution >= 4 is 5.97 Å². The Bertz CT molecular complexity index is 573. The molecule has 0 aromatic carbocycles. The first-order valence-corrected chi connectivity index (χ1v) is 9.03. The third kappa shape index (κ3) is 2.39. The number of hydrogen-bond donors (Lipinski definition) is 2. The quantitative estimate of drug-likeness (QED) is 0.803. The van der Waals surface area contributed by atoms with Crippen molar-refractivity contribution in [3.05, 3.63) is 23.3 Å². The van der Waals surface area contributed by atoms with Crippen molar-refractivity contribution in [1.29, 1.82) is 0 Å². The first-order chi connectivity index (χ1) is 10.7. The molecule has 3 nitrogen and oxygen atoms in total. The molecule has 1 fully saturated rings. The lowest BCUT2D eigenvalue weighted by Gasteiger charge is -2.57. The lowest BCUT2D eigenvalue weighted by atomic mass is 9.46. The number of aliphatic hydroxyl groups excluding tert-OH is 1. The maximum atomic E-state index is 12.0. The van der Waals surface area contributed by atoms with Crippen LogP contribution in [0.25, 0.3) is 0 Å². The van der Waals surface area contributed by atoms with Crippen molar-refractivity contribution in [3.63, 3.8) is 0 Å². The topological polar surface area (TPSA) is 57.5 Å². The summed E-state index contributed by atoms with van der Waals surface area (Å²) in [7, 11) is 0. The van der Waals surface area contributed by atoms with E-state index in [9.17, 15) is 15.0 Å². The van der Waals surface area contributed by atoms with Crippen LogP contribution in [-0.2, 0) is 4.79 Å². The maximum Gasteiger partial charge on any atom is 0.309 e. The fraction of sp³-hybridized carbons (Fsp3) is 0.750. The zero-order chi connectivity index (χ0) is 17.0. The first-order valence-electron chi connectivity index (χ1n) is 9.03. The second-order valence-electron chi connectivity index (χ2n) is 8.68. The van der Waals surface area contributed by atoms with Crippen LogP contribution in [0, 0.1) is 28.6 Å². The number of allylic oxidation sites excluding steroid dienone is 3. The third-order valence-corrected chi connectivity index (χ3v) is 7.10. The van der Waals surface area contributed by atoms with Crippen LogP contribution in [0.4, 0.5) is 0 Å². The third-order valence-electron chi connectivity index (χ3n) is 7.10.